The lowest BCUT2D eigenvalue weighted by molar-refractivity contribution is 0.0102. The zero-order valence-corrected chi connectivity index (χ0v) is 18.2. The van der Waals surface area contributed by atoms with E-state index in [1.807, 2.05) is 26.0 Å². The third-order valence-electron chi connectivity index (χ3n) is 5.08. The van der Waals surface area contributed by atoms with Gasteiger partial charge in [0, 0.05) is 19.1 Å². The maximum atomic E-state index is 6.42. The maximum Gasteiger partial charge on any atom is 0.171 e. The number of anilines is 1. The Morgan fingerprint density at radius 2 is 1.82 bits per heavy atom. The Balaban J connectivity index is 1.74. The average Bonchev–Trinajstić information content (AvgIpc) is 2.66. The molecule has 2 atom stereocenters. The predicted molar refractivity (Wildman–Crippen MR) is 121 cm³/mol. The van der Waals surface area contributed by atoms with Crippen molar-refractivity contribution >= 4 is 34.6 Å². The van der Waals surface area contributed by atoms with Crippen LogP contribution in [0.4, 0.5) is 5.69 Å². The van der Waals surface area contributed by atoms with E-state index < -0.39 is 0 Å². The van der Waals surface area contributed by atoms with Gasteiger partial charge in [0.1, 0.15) is 0 Å². The Hall–Kier alpha value is -1.66. The number of hydrogen-bond acceptors (Lipinski definition) is 3. The zero-order valence-electron chi connectivity index (χ0n) is 16.7. The van der Waals surface area contributed by atoms with Crippen LogP contribution in [0.2, 0.25) is 5.02 Å². The third kappa shape index (κ3) is 5.23. The molecule has 28 heavy (non-hydrogen) atoms. The predicted octanol–water partition coefficient (Wildman–Crippen LogP) is 4.71. The van der Waals surface area contributed by atoms with Crippen molar-refractivity contribution in [3.63, 3.8) is 0 Å². The van der Waals surface area contributed by atoms with Gasteiger partial charge in [0.15, 0.2) is 5.11 Å². The van der Waals surface area contributed by atoms with Crippen LogP contribution in [0.1, 0.15) is 29.7 Å². The van der Waals surface area contributed by atoms with Crippen molar-refractivity contribution < 1.29 is 4.74 Å². The number of aryl methyl sites for hydroxylation is 2. The van der Waals surface area contributed by atoms with E-state index in [0.29, 0.717) is 10.1 Å². The molecule has 0 unspecified atom stereocenters. The first-order chi connectivity index (χ1) is 13.5. The van der Waals surface area contributed by atoms with Gasteiger partial charge in [0.25, 0.3) is 0 Å². The summed E-state index contributed by atoms with van der Waals surface area (Å²) in [6.45, 7) is 9.59. The van der Waals surface area contributed by atoms with E-state index >= 15 is 0 Å². The van der Waals surface area contributed by atoms with E-state index in [9.17, 15) is 0 Å². The molecule has 0 amide bonds. The second-order valence-corrected chi connectivity index (χ2v) is 8.15. The number of rotatable bonds is 5. The van der Waals surface area contributed by atoms with Crippen molar-refractivity contribution in [2.75, 3.05) is 31.6 Å². The molecule has 0 spiro atoms. The smallest absolute Gasteiger partial charge is 0.171 e. The molecule has 1 aliphatic heterocycles. The van der Waals surface area contributed by atoms with Gasteiger partial charge in [-0.25, -0.2) is 0 Å². The minimum atomic E-state index is 0.116. The summed E-state index contributed by atoms with van der Waals surface area (Å²) in [6.07, 6.45) is 0. The minimum Gasteiger partial charge on any atom is -0.379 e. The molecular formula is C22H28ClN3OS. The molecule has 1 fully saturated rings. The van der Waals surface area contributed by atoms with E-state index in [-0.39, 0.29) is 12.1 Å². The molecular weight excluding hydrogens is 390 g/mol. The topological polar surface area (TPSA) is 36.5 Å². The summed E-state index contributed by atoms with van der Waals surface area (Å²) in [5.74, 6) is 0. The maximum absolute atomic E-state index is 6.42. The molecule has 0 aliphatic carbocycles. The first kappa shape index (κ1) is 21.1. The van der Waals surface area contributed by atoms with Gasteiger partial charge in [0.2, 0.25) is 0 Å². The minimum absolute atomic E-state index is 0.116. The molecule has 2 N–H and O–H groups in total. The largest absolute Gasteiger partial charge is 0.379 e. The van der Waals surface area contributed by atoms with Crippen LogP contribution >= 0.6 is 23.8 Å². The molecule has 0 aromatic heterocycles. The second-order valence-electron chi connectivity index (χ2n) is 7.33. The number of thiocarbonyl (C=S) groups is 1. The summed E-state index contributed by atoms with van der Waals surface area (Å²) in [5, 5.41) is 8.03. The fourth-order valence-corrected chi connectivity index (χ4v) is 4.49. The van der Waals surface area contributed by atoms with Crippen LogP contribution in [0.25, 0.3) is 0 Å². The normalized spacial score (nSPS) is 17.0. The number of nitrogens with zero attached hydrogens (tertiary/aromatic N) is 1. The number of ether oxygens (including phenoxy) is 1. The Morgan fingerprint density at radius 3 is 2.46 bits per heavy atom. The quantitative estimate of drug-likeness (QED) is 0.689. The van der Waals surface area contributed by atoms with Crippen molar-refractivity contribution in [2.45, 2.75) is 32.9 Å². The molecule has 1 saturated heterocycles. The molecule has 6 heteroatoms. The van der Waals surface area contributed by atoms with Gasteiger partial charge in [0.05, 0.1) is 30.0 Å². The molecule has 2 aromatic rings. The van der Waals surface area contributed by atoms with Gasteiger partial charge >= 0.3 is 0 Å². The van der Waals surface area contributed by atoms with Crippen molar-refractivity contribution in [2.24, 2.45) is 0 Å². The fourth-order valence-electron chi connectivity index (χ4n) is 3.83. The summed E-state index contributed by atoms with van der Waals surface area (Å²) in [6, 6.07) is 14.9. The van der Waals surface area contributed by atoms with Crippen molar-refractivity contribution in [3.05, 3.63) is 64.2 Å². The van der Waals surface area contributed by atoms with Gasteiger partial charge in [-0.05, 0) is 55.7 Å². The summed E-state index contributed by atoms with van der Waals surface area (Å²) < 4.78 is 5.55. The Morgan fingerprint density at radius 1 is 1.14 bits per heavy atom. The number of halogens is 1. The van der Waals surface area contributed by atoms with Gasteiger partial charge < -0.3 is 15.4 Å². The van der Waals surface area contributed by atoms with Crippen LogP contribution in [-0.4, -0.2) is 42.4 Å². The zero-order chi connectivity index (χ0) is 20.1. The first-order valence-electron chi connectivity index (χ1n) is 9.66. The second kappa shape index (κ2) is 9.70. The van der Waals surface area contributed by atoms with E-state index in [2.05, 4.69) is 52.8 Å². The van der Waals surface area contributed by atoms with Gasteiger partial charge in [-0.2, -0.15) is 0 Å². The van der Waals surface area contributed by atoms with Crippen molar-refractivity contribution in [1.29, 1.82) is 0 Å². The van der Waals surface area contributed by atoms with E-state index in [0.717, 1.165) is 43.1 Å². The lowest BCUT2D eigenvalue weighted by atomic mass is 9.98. The molecule has 0 saturated carbocycles. The van der Waals surface area contributed by atoms with Crippen LogP contribution in [0.15, 0.2) is 42.5 Å². The van der Waals surface area contributed by atoms with E-state index in [1.54, 1.807) is 0 Å². The summed E-state index contributed by atoms with van der Waals surface area (Å²) >= 11 is 12.0. The molecule has 4 nitrogen and oxygen atoms in total. The highest BCUT2D eigenvalue weighted by atomic mass is 35.5. The Kier molecular flexibility index (Phi) is 7.30. The average molecular weight is 418 g/mol. The van der Waals surface area contributed by atoms with Crippen molar-refractivity contribution in [1.82, 2.24) is 10.2 Å². The standard InChI is InChI=1S/C22H28ClN3OS/c1-15-13-16(2)20(19(23)14-15)25-22(28)24-17(3)21(18-7-5-4-6-8-18)26-9-11-27-12-10-26/h4-8,13-14,17,21H,9-12H2,1-3H3,(H2,24,25,28)/t17-,21-/m1/s1. The number of hydrogen-bond donors (Lipinski definition) is 2. The van der Waals surface area contributed by atoms with Crippen LogP contribution in [-0.2, 0) is 4.74 Å². The van der Waals surface area contributed by atoms with Crippen LogP contribution in [0.3, 0.4) is 0 Å². The van der Waals surface area contributed by atoms with E-state index in [4.69, 9.17) is 28.6 Å². The van der Waals surface area contributed by atoms with Gasteiger partial charge in [-0.1, -0.05) is 48.0 Å². The number of benzene rings is 2. The Bertz CT molecular complexity index is 786. The molecule has 1 heterocycles. The lowest BCUT2D eigenvalue weighted by Crippen LogP contribution is -2.49. The number of nitrogens with one attached hydrogen (secondary N) is 2. The van der Waals surface area contributed by atoms with Crippen LogP contribution in [0, 0.1) is 13.8 Å². The molecule has 150 valence electrons. The molecule has 0 bridgehead atoms. The highest BCUT2D eigenvalue weighted by Gasteiger charge is 2.28. The van der Waals surface area contributed by atoms with Gasteiger partial charge in [-0.15, -0.1) is 0 Å². The monoisotopic (exact) mass is 417 g/mol. The molecule has 2 aromatic carbocycles. The SMILES string of the molecule is Cc1cc(C)c(NC(=S)N[C@H](C)[C@H](c2ccccc2)N2CCOCC2)c(Cl)c1. The molecule has 1 aliphatic rings. The van der Waals surface area contributed by atoms with E-state index in [1.165, 1.54) is 5.56 Å². The first-order valence-corrected chi connectivity index (χ1v) is 10.5. The summed E-state index contributed by atoms with van der Waals surface area (Å²) in [7, 11) is 0. The Labute approximate surface area is 178 Å². The third-order valence-corrected chi connectivity index (χ3v) is 5.60. The summed E-state index contributed by atoms with van der Waals surface area (Å²) in [5.41, 5.74) is 4.35. The van der Waals surface area contributed by atoms with Crippen LogP contribution in [0.5, 0.6) is 0 Å². The van der Waals surface area contributed by atoms with Gasteiger partial charge in [-0.3, -0.25) is 4.90 Å². The number of morpholine rings is 1. The highest BCUT2D eigenvalue weighted by Crippen LogP contribution is 2.28. The molecule has 3 rings (SSSR count). The highest BCUT2D eigenvalue weighted by molar-refractivity contribution is 7.80. The summed E-state index contributed by atoms with van der Waals surface area (Å²) in [4.78, 5) is 2.46. The lowest BCUT2D eigenvalue weighted by Gasteiger charge is -2.38. The van der Waals surface area contributed by atoms with Crippen molar-refractivity contribution in [3.8, 4) is 0 Å². The molecule has 0 radical (unpaired) electrons. The van der Waals surface area contributed by atoms with Crippen LogP contribution < -0.4 is 10.6 Å². The fraction of sp³-hybridized carbons (Fsp3) is 0.409.